The molecular weight excluding hydrogens is 324 g/mol. The molecule has 1 fully saturated rings. The van der Waals surface area contributed by atoms with Crippen LogP contribution in [0.3, 0.4) is 0 Å². The molecule has 0 radical (unpaired) electrons. The topological polar surface area (TPSA) is 69.6 Å². The maximum Gasteiger partial charge on any atom is 0.306 e. The molecule has 0 atom stereocenters. The SMILES string of the molecule is O=C(O)C1CCN(C(=O)CNc2ccc(Br)cc2)CC1. The predicted molar refractivity (Wildman–Crippen MR) is 79.6 cm³/mol. The molecule has 1 heterocycles. The molecule has 1 aliphatic heterocycles. The number of hydrogen-bond donors (Lipinski definition) is 2. The highest BCUT2D eigenvalue weighted by molar-refractivity contribution is 9.10. The Labute approximate surface area is 126 Å². The van der Waals surface area contributed by atoms with Crippen molar-refractivity contribution in [3.05, 3.63) is 28.7 Å². The van der Waals surface area contributed by atoms with E-state index in [0.29, 0.717) is 25.9 Å². The second kappa shape index (κ2) is 6.74. The molecule has 5 nitrogen and oxygen atoms in total. The molecule has 1 aliphatic rings. The summed E-state index contributed by atoms with van der Waals surface area (Å²) in [4.78, 5) is 24.6. The van der Waals surface area contributed by atoms with E-state index in [9.17, 15) is 9.59 Å². The summed E-state index contributed by atoms with van der Waals surface area (Å²) < 4.78 is 0.991. The first-order valence-electron chi connectivity index (χ1n) is 6.56. The van der Waals surface area contributed by atoms with Crippen LogP contribution in [0.5, 0.6) is 0 Å². The molecule has 1 saturated heterocycles. The summed E-state index contributed by atoms with van der Waals surface area (Å²) in [5.41, 5.74) is 0.891. The molecular formula is C14H17BrN2O3. The lowest BCUT2D eigenvalue weighted by Gasteiger charge is -2.30. The third kappa shape index (κ3) is 3.96. The monoisotopic (exact) mass is 340 g/mol. The third-order valence-corrected chi connectivity index (χ3v) is 4.01. The van der Waals surface area contributed by atoms with Crippen molar-refractivity contribution in [2.45, 2.75) is 12.8 Å². The highest BCUT2D eigenvalue weighted by atomic mass is 79.9. The third-order valence-electron chi connectivity index (χ3n) is 3.48. The number of piperidine rings is 1. The van der Waals surface area contributed by atoms with Gasteiger partial charge in [0.1, 0.15) is 0 Å². The lowest BCUT2D eigenvalue weighted by molar-refractivity contribution is -0.145. The first-order chi connectivity index (χ1) is 9.56. The van der Waals surface area contributed by atoms with Crippen LogP contribution in [-0.4, -0.2) is 41.5 Å². The van der Waals surface area contributed by atoms with E-state index < -0.39 is 5.97 Å². The van der Waals surface area contributed by atoms with Gasteiger partial charge in [0, 0.05) is 23.2 Å². The number of carboxylic acid groups (broad SMARTS) is 1. The number of carbonyl (C=O) groups is 2. The minimum Gasteiger partial charge on any atom is -0.481 e. The molecule has 6 heteroatoms. The fourth-order valence-corrected chi connectivity index (χ4v) is 2.50. The number of carbonyl (C=O) groups excluding carboxylic acids is 1. The van der Waals surface area contributed by atoms with Gasteiger partial charge in [-0.25, -0.2) is 0 Å². The molecule has 1 amide bonds. The van der Waals surface area contributed by atoms with Gasteiger partial charge in [0.25, 0.3) is 0 Å². The van der Waals surface area contributed by atoms with E-state index in [2.05, 4.69) is 21.2 Å². The van der Waals surface area contributed by atoms with Crippen LogP contribution in [0.25, 0.3) is 0 Å². The number of hydrogen-bond acceptors (Lipinski definition) is 3. The Morgan fingerprint density at radius 1 is 1.25 bits per heavy atom. The first kappa shape index (κ1) is 14.8. The van der Waals surface area contributed by atoms with Gasteiger partial charge in [0.2, 0.25) is 5.91 Å². The van der Waals surface area contributed by atoms with Gasteiger partial charge in [-0.3, -0.25) is 9.59 Å². The summed E-state index contributed by atoms with van der Waals surface area (Å²) >= 11 is 3.35. The number of halogens is 1. The molecule has 108 valence electrons. The molecule has 0 unspecified atom stereocenters. The smallest absolute Gasteiger partial charge is 0.306 e. The fraction of sp³-hybridized carbons (Fsp3) is 0.429. The number of anilines is 1. The van der Waals surface area contributed by atoms with Crippen LogP contribution < -0.4 is 5.32 Å². The maximum absolute atomic E-state index is 12.0. The van der Waals surface area contributed by atoms with Crippen molar-refractivity contribution >= 4 is 33.5 Å². The quantitative estimate of drug-likeness (QED) is 0.881. The average Bonchev–Trinajstić information content (AvgIpc) is 2.46. The summed E-state index contributed by atoms with van der Waals surface area (Å²) in [5, 5.41) is 12.0. The Morgan fingerprint density at radius 2 is 1.85 bits per heavy atom. The van der Waals surface area contributed by atoms with Gasteiger partial charge < -0.3 is 15.3 Å². The second-order valence-corrected chi connectivity index (χ2v) is 5.77. The number of likely N-dealkylation sites (tertiary alicyclic amines) is 1. The van der Waals surface area contributed by atoms with Crippen molar-refractivity contribution in [3.63, 3.8) is 0 Å². The molecule has 20 heavy (non-hydrogen) atoms. The van der Waals surface area contributed by atoms with E-state index >= 15 is 0 Å². The van der Waals surface area contributed by atoms with Crippen molar-refractivity contribution < 1.29 is 14.7 Å². The van der Waals surface area contributed by atoms with E-state index in [-0.39, 0.29) is 18.4 Å². The Morgan fingerprint density at radius 3 is 2.40 bits per heavy atom. The molecule has 0 bridgehead atoms. The first-order valence-corrected chi connectivity index (χ1v) is 7.35. The largest absolute Gasteiger partial charge is 0.481 e. The van der Waals surface area contributed by atoms with Gasteiger partial charge in [-0.2, -0.15) is 0 Å². The standard InChI is InChI=1S/C14H17BrN2O3/c15-11-1-3-12(4-2-11)16-9-13(18)17-7-5-10(6-8-17)14(19)20/h1-4,10,16H,5-9H2,(H,19,20). The molecule has 1 aromatic carbocycles. The Balaban J connectivity index is 1.78. The molecule has 0 aliphatic carbocycles. The second-order valence-electron chi connectivity index (χ2n) is 4.85. The highest BCUT2D eigenvalue weighted by Gasteiger charge is 2.26. The van der Waals surface area contributed by atoms with Crippen molar-refractivity contribution in [1.82, 2.24) is 4.90 Å². The van der Waals surface area contributed by atoms with Crippen molar-refractivity contribution in [2.24, 2.45) is 5.92 Å². The summed E-state index contributed by atoms with van der Waals surface area (Å²) in [6.07, 6.45) is 1.08. The summed E-state index contributed by atoms with van der Waals surface area (Å²) in [7, 11) is 0. The van der Waals surface area contributed by atoms with Gasteiger partial charge >= 0.3 is 5.97 Å². The normalized spacial score (nSPS) is 15.9. The van der Waals surface area contributed by atoms with Crippen LogP contribution in [-0.2, 0) is 9.59 Å². The molecule has 0 spiro atoms. The molecule has 0 aromatic heterocycles. The van der Waals surface area contributed by atoms with Crippen LogP contribution in [0.2, 0.25) is 0 Å². The Kier molecular flexibility index (Phi) is 5.00. The van der Waals surface area contributed by atoms with Gasteiger partial charge in [0.05, 0.1) is 12.5 Å². The number of rotatable bonds is 4. The van der Waals surface area contributed by atoms with Gasteiger partial charge in [-0.15, -0.1) is 0 Å². The van der Waals surface area contributed by atoms with Crippen molar-refractivity contribution in [1.29, 1.82) is 0 Å². The summed E-state index contributed by atoms with van der Waals surface area (Å²) in [6.45, 7) is 1.29. The van der Waals surface area contributed by atoms with Gasteiger partial charge in [0.15, 0.2) is 0 Å². The molecule has 2 N–H and O–H groups in total. The zero-order valence-electron chi connectivity index (χ0n) is 11.0. The van der Waals surface area contributed by atoms with E-state index in [0.717, 1.165) is 10.2 Å². The summed E-state index contributed by atoms with van der Waals surface area (Å²) in [5.74, 6) is -1.06. The van der Waals surface area contributed by atoms with E-state index in [1.807, 2.05) is 24.3 Å². The Bertz CT molecular complexity index is 482. The van der Waals surface area contributed by atoms with Crippen molar-refractivity contribution in [3.8, 4) is 0 Å². The van der Waals surface area contributed by atoms with Gasteiger partial charge in [-0.05, 0) is 37.1 Å². The van der Waals surface area contributed by atoms with Crippen LogP contribution in [0.15, 0.2) is 28.7 Å². The van der Waals surface area contributed by atoms with Crippen LogP contribution in [0.1, 0.15) is 12.8 Å². The van der Waals surface area contributed by atoms with Crippen LogP contribution >= 0.6 is 15.9 Å². The summed E-state index contributed by atoms with van der Waals surface area (Å²) in [6, 6.07) is 7.61. The van der Waals surface area contributed by atoms with E-state index in [1.54, 1.807) is 4.90 Å². The fourth-order valence-electron chi connectivity index (χ4n) is 2.23. The highest BCUT2D eigenvalue weighted by Crippen LogP contribution is 2.18. The zero-order chi connectivity index (χ0) is 14.5. The number of nitrogens with zero attached hydrogens (tertiary/aromatic N) is 1. The number of carboxylic acids is 1. The molecule has 2 rings (SSSR count). The lowest BCUT2D eigenvalue weighted by Crippen LogP contribution is -2.42. The molecule has 1 aromatic rings. The van der Waals surface area contributed by atoms with Gasteiger partial charge in [-0.1, -0.05) is 15.9 Å². The minimum absolute atomic E-state index is 0.0109. The van der Waals surface area contributed by atoms with E-state index in [1.165, 1.54) is 0 Å². The number of amides is 1. The number of nitrogens with one attached hydrogen (secondary N) is 1. The van der Waals surface area contributed by atoms with Crippen molar-refractivity contribution in [2.75, 3.05) is 25.0 Å². The van der Waals surface area contributed by atoms with Crippen LogP contribution in [0.4, 0.5) is 5.69 Å². The predicted octanol–water partition coefficient (Wildman–Crippen LogP) is 2.18. The van der Waals surface area contributed by atoms with E-state index in [4.69, 9.17) is 5.11 Å². The Hall–Kier alpha value is -1.56. The van der Waals surface area contributed by atoms with Crippen LogP contribution in [0, 0.1) is 5.92 Å². The lowest BCUT2D eigenvalue weighted by atomic mass is 9.97. The maximum atomic E-state index is 12.0. The minimum atomic E-state index is -0.759. The average molecular weight is 341 g/mol. The molecule has 0 saturated carbocycles. The number of aliphatic carboxylic acids is 1. The zero-order valence-corrected chi connectivity index (χ0v) is 12.6. The number of benzene rings is 1.